The Labute approximate surface area is 165 Å². The zero-order chi connectivity index (χ0) is 20.3. The molecular formula is C21H29N2O5+. The Balaban J connectivity index is 1.82. The summed E-state index contributed by atoms with van der Waals surface area (Å²) in [7, 11) is 5.24. The van der Waals surface area contributed by atoms with Gasteiger partial charge in [0, 0.05) is 32.4 Å². The van der Waals surface area contributed by atoms with Gasteiger partial charge in [-0.1, -0.05) is 12.1 Å². The summed E-state index contributed by atoms with van der Waals surface area (Å²) in [5.74, 6) is 0.957. The molecule has 1 fully saturated rings. The summed E-state index contributed by atoms with van der Waals surface area (Å²) in [6, 6.07) is 7.72. The van der Waals surface area contributed by atoms with Crippen molar-refractivity contribution in [3.8, 4) is 5.75 Å². The second-order valence-corrected chi connectivity index (χ2v) is 7.63. The fraction of sp³-hybridized carbons (Fsp3) is 0.524. The van der Waals surface area contributed by atoms with E-state index in [2.05, 4.69) is 7.05 Å². The number of methoxy groups -OCH3 is 2. The number of benzene rings is 1. The number of carbonyl (C=O) groups excluding carboxylic acids is 2. The maximum Gasteiger partial charge on any atom is 0.260 e. The van der Waals surface area contributed by atoms with Gasteiger partial charge in [0.25, 0.3) is 5.78 Å². The van der Waals surface area contributed by atoms with Crippen molar-refractivity contribution in [2.75, 3.05) is 41.0 Å². The maximum absolute atomic E-state index is 13.0. The smallest absolute Gasteiger partial charge is 0.260 e. The lowest BCUT2D eigenvalue weighted by atomic mass is 9.95. The number of likely N-dealkylation sites (tertiary alicyclic amines) is 1. The molecule has 0 bridgehead atoms. The summed E-state index contributed by atoms with van der Waals surface area (Å²) in [5.41, 5.74) is 1.04. The number of ether oxygens (including phenoxy) is 2. The zero-order valence-corrected chi connectivity index (χ0v) is 16.8. The molecule has 0 aromatic heterocycles. The molecule has 1 amide bonds. The van der Waals surface area contributed by atoms with Crippen LogP contribution < -0.4 is 4.74 Å². The fourth-order valence-corrected chi connectivity index (χ4v) is 4.42. The van der Waals surface area contributed by atoms with Crippen LogP contribution in [0.2, 0.25) is 0 Å². The summed E-state index contributed by atoms with van der Waals surface area (Å²) in [4.78, 5) is 26.5. The highest BCUT2D eigenvalue weighted by Crippen LogP contribution is 2.35. The van der Waals surface area contributed by atoms with E-state index in [1.165, 1.54) is 7.11 Å². The van der Waals surface area contributed by atoms with E-state index in [0.29, 0.717) is 29.8 Å². The third-order valence-corrected chi connectivity index (χ3v) is 6.13. The first-order valence-electron chi connectivity index (χ1n) is 9.61. The van der Waals surface area contributed by atoms with E-state index in [-0.39, 0.29) is 23.8 Å². The lowest BCUT2D eigenvalue weighted by Gasteiger charge is -2.44. The van der Waals surface area contributed by atoms with Crippen LogP contribution >= 0.6 is 0 Å². The number of hydrogen-bond donors (Lipinski definition) is 1. The Kier molecular flexibility index (Phi) is 6.05. The first kappa shape index (κ1) is 20.4. The van der Waals surface area contributed by atoms with Crippen LogP contribution in [0.3, 0.4) is 0 Å². The van der Waals surface area contributed by atoms with Crippen LogP contribution in [0.1, 0.15) is 18.4 Å². The monoisotopic (exact) mass is 389 g/mol. The SMILES string of the molecule is COC1=C[N+](C)(C2CCN(C(=O)CO)CC2)C(Cc2cccc(OC)c2)C1=O. The molecule has 7 heteroatoms. The highest BCUT2D eigenvalue weighted by Gasteiger charge is 2.51. The molecular weight excluding hydrogens is 360 g/mol. The number of carbonyl (C=O) groups is 2. The van der Waals surface area contributed by atoms with Crippen molar-refractivity contribution in [2.24, 2.45) is 0 Å². The molecule has 2 heterocycles. The van der Waals surface area contributed by atoms with E-state index in [1.54, 1.807) is 12.0 Å². The fourth-order valence-electron chi connectivity index (χ4n) is 4.42. The predicted octanol–water partition coefficient (Wildman–Crippen LogP) is 1.11. The average molecular weight is 389 g/mol. The Bertz CT molecular complexity index is 770. The van der Waals surface area contributed by atoms with Gasteiger partial charge in [-0.2, -0.15) is 0 Å². The van der Waals surface area contributed by atoms with Gasteiger partial charge in [-0.25, -0.2) is 0 Å². The molecule has 152 valence electrons. The summed E-state index contributed by atoms with van der Waals surface area (Å²) >= 11 is 0. The minimum atomic E-state index is -0.457. The molecule has 0 spiro atoms. The number of quaternary nitrogens is 1. The van der Waals surface area contributed by atoms with Crippen LogP contribution in [0, 0.1) is 0 Å². The van der Waals surface area contributed by atoms with Gasteiger partial charge in [-0.05, 0) is 17.7 Å². The average Bonchev–Trinajstić information content (AvgIpc) is 2.98. The number of nitrogens with zero attached hydrogens (tertiary/aromatic N) is 2. The van der Waals surface area contributed by atoms with Crippen molar-refractivity contribution in [2.45, 2.75) is 31.3 Å². The van der Waals surface area contributed by atoms with Gasteiger partial charge >= 0.3 is 0 Å². The topological polar surface area (TPSA) is 76.1 Å². The van der Waals surface area contributed by atoms with Crippen molar-refractivity contribution in [1.82, 2.24) is 4.90 Å². The van der Waals surface area contributed by atoms with Crippen molar-refractivity contribution >= 4 is 11.7 Å². The first-order valence-corrected chi connectivity index (χ1v) is 9.61. The van der Waals surface area contributed by atoms with E-state index >= 15 is 0 Å². The van der Waals surface area contributed by atoms with Crippen LogP contribution in [0.15, 0.2) is 36.2 Å². The number of Topliss-reactive ketones (excluding diaryl/α,β-unsaturated/α-hetero) is 1. The second-order valence-electron chi connectivity index (χ2n) is 7.63. The largest absolute Gasteiger partial charge is 0.497 e. The van der Waals surface area contributed by atoms with Crippen molar-refractivity contribution < 1.29 is 28.7 Å². The summed E-state index contributed by atoms with van der Waals surface area (Å²) in [6.07, 6.45) is 4.07. The predicted molar refractivity (Wildman–Crippen MR) is 103 cm³/mol. The molecule has 1 saturated heterocycles. The highest BCUT2D eigenvalue weighted by molar-refractivity contribution is 5.98. The number of hydrogen-bond acceptors (Lipinski definition) is 5. The quantitative estimate of drug-likeness (QED) is 0.738. The molecule has 2 unspecified atom stereocenters. The third kappa shape index (κ3) is 3.77. The Morgan fingerprint density at radius 3 is 2.57 bits per heavy atom. The molecule has 1 aromatic rings. The minimum absolute atomic E-state index is 0.0154. The molecule has 7 nitrogen and oxygen atoms in total. The van der Waals surface area contributed by atoms with Gasteiger partial charge in [-0.15, -0.1) is 0 Å². The van der Waals surface area contributed by atoms with Gasteiger partial charge in [0.15, 0.2) is 6.04 Å². The van der Waals surface area contributed by atoms with Crippen LogP contribution in [0.25, 0.3) is 0 Å². The highest BCUT2D eigenvalue weighted by atomic mass is 16.5. The number of piperidine rings is 1. The molecule has 1 aromatic carbocycles. The molecule has 2 aliphatic rings. The van der Waals surface area contributed by atoms with E-state index < -0.39 is 6.61 Å². The number of rotatable bonds is 6. The van der Waals surface area contributed by atoms with Crippen molar-refractivity contribution in [1.29, 1.82) is 0 Å². The maximum atomic E-state index is 13.0. The van der Waals surface area contributed by atoms with E-state index in [0.717, 1.165) is 24.2 Å². The molecule has 1 N–H and O–H groups in total. The Morgan fingerprint density at radius 2 is 1.96 bits per heavy atom. The lowest BCUT2D eigenvalue weighted by Crippen LogP contribution is -2.59. The zero-order valence-electron chi connectivity index (χ0n) is 16.8. The molecule has 0 aliphatic carbocycles. The van der Waals surface area contributed by atoms with Crippen LogP contribution in [0.5, 0.6) is 5.75 Å². The molecule has 2 aliphatic heterocycles. The molecule has 2 atom stereocenters. The number of amides is 1. The van der Waals surface area contributed by atoms with Gasteiger partial charge in [0.1, 0.15) is 18.6 Å². The van der Waals surface area contributed by atoms with Crippen LogP contribution in [0.4, 0.5) is 0 Å². The second kappa shape index (κ2) is 8.32. The van der Waals surface area contributed by atoms with Crippen LogP contribution in [-0.2, 0) is 20.7 Å². The summed E-state index contributed by atoms with van der Waals surface area (Å²) < 4.78 is 11.2. The normalized spacial score (nSPS) is 25.6. The van der Waals surface area contributed by atoms with E-state index in [4.69, 9.17) is 14.6 Å². The lowest BCUT2D eigenvalue weighted by molar-refractivity contribution is -0.898. The van der Waals surface area contributed by atoms with E-state index in [9.17, 15) is 9.59 Å². The molecule has 0 radical (unpaired) electrons. The Hall–Kier alpha value is -2.38. The summed E-state index contributed by atoms with van der Waals surface area (Å²) in [5, 5.41) is 9.09. The summed E-state index contributed by atoms with van der Waals surface area (Å²) in [6.45, 7) is 0.726. The third-order valence-electron chi connectivity index (χ3n) is 6.13. The van der Waals surface area contributed by atoms with Gasteiger partial charge < -0.3 is 19.5 Å². The van der Waals surface area contributed by atoms with Crippen molar-refractivity contribution in [3.05, 3.63) is 41.8 Å². The number of aliphatic hydroxyl groups excluding tert-OH is 1. The Morgan fingerprint density at radius 1 is 1.25 bits per heavy atom. The number of aliphatic hydroxyl groups is 1. The minimum Gasteiger partial charge on any atom is -0.497 e. The molecule has 3 rings (SSSR count). The number of ketones is 1. The van der Waals surface area contributed by atoms with Gasteiger partial charge in [-0.3, -0.25) is 14.1 Å². The van der Waals surface area contributed by atoms with Crippen LogP contribution in [-0.4, -0.2) is 79.2 Å². The first-order chi connectivity index (χ1) is 13.4. The van der Waals surface area contributed by atoms with Crippen molar-refractivity contribution in [3.63, 3.8) is 0 Å². The van der Waals surface area contributed by atoms with E-state index in [1.807, 2.05) is 30.5 Å². The molecule has 0 saturated carbocycles. The molecule has 28 heavy (non-hydrogen) atoms. The number of likely N-dealkylation sites (N-methyl/N-ethyl adjacent to an activating group) is 1. The van der Waals surface area contributed by atoms with Gasteiger partial charge in [0.05, 0.1) is 27.3 Å². The standard InChI is InChI=1S/C21H29N2O5/c1-23(16-7-9-22(10-8-16)20(25)14-24)13-19(28-3)21(26)18(23)12-15-5-4-6-17(11-15)27-2/h4-6,11,13,16,18,24H,7-10,12,14H2,1-3H3/q+1. The van der Waals surface area contributed by atoms with Gasteiger partial charge in [0.2, 0.25) is 11.7 Å².